The fourth-order valence-electron chi connectivity index (χ4n) is 3.77. The van der Waals surface area contributed by atoms with Crippen molar-refractivity contribution in [2.45, 2.75) is 39.8 Å². The second kappa shape index (κ2) is 9.06. The zero-order chi connectivity index (χ0) is 22.8. The molecule has 172 valence electrons. The van der Waals surface area contributed by atoms with Crippen LogP contribution in [0.1, 0.15) is 39.2 Å². The molecule has 0 spiro atoms. The van der Waals surface area contributed by atoms with Crippen molar-refractivity contribution in [2.75, 3.05) is 44.2 Å². The summed E-state index contributed by atoms with van der Waals surface area (Å²) in [6.07, 6.45) is -3.14. The lowest BCUT2D eigenvalue weighted by atomic mass is 9.95. The van der Waals surface area contributed by atoms with Crippen LogP contribution < -0.4 is 4.90 Å². The van der Waals surface area contributed by atoms with Crippen LogP contribution in [0.5, 0.6) is 0 Å². The van der Waals surface area contributed by atoms with Crippen LogP contribution in [-0.4, -0.2) is 61.1 Å². The van der Waals surface area contributed by atoms with Gasteiger partial charge < -0.3 is 14.6 Å². The lowest BCUT2D eigenvalue weighted by Gasteiger charge is -2.39. The molecule has 0 saturated carbocycles. The first-order chi connectivity index (χ1) is 14.4. The van der Waals surface area contributed by atoms with Gasteiger partial charge in [-0.15, -0.1) is 5.06 Å². The van der Waals surface area contributed by atoms with Crippen molar-refractivity contribution < 1.29 is 27.6 Å². The van der Waals surface area contributed by atoms with E-state index in [1.165, 1.54) is 6.07 Å². The van der Waals surface area contributed by atoms with E-state index in [0.717, 1.165) is 12.1 Å². The maximum absolute atomic E-state index is 13.0. The Morgan fingerprint density at radius 1 is 0.968 bits per heavy atom. The van der Waals surface area contributed by atoms with E-state index in [2.05, 4.69) is 0 Å². The van der Waals surface area contributed by atoms with Gasteiger partial charge in [-0.05, 0) is 51.8 Å². The molecule has 0 aromatic heterocycles. The number of carbonyl (C=O) groups excluding carboxylic acids is 2. The monoisotopic (exact) mass is 441 g/mol. The summed E-state index contributed by atoms with van der Waals surface area (Å²) in [5, 5.41) is 1.63. The number of halogens is 3. The molecule has 0 N–H and O–H groups in total. The van der Waals surface area contributed by atoms with Crippen molar-refractivity contribution in [1.82, 2.24) is 9.96 Å². The molecule has 2 fully saturated rings. The number of anilines is 1. The molecule has 31 heavy (non-hydrogen) atoms. The van der Waals surface area contributed by atoms with E-state index in [9.17, 15) is 22.8 Å². The Morgan fingerprint density at radius 2 is 1.58 bits per heavy atom. The van der Waals surface area contributed by atoms with Gasteiger partial charge in [0.15, 0.2) is 0 Å². The summed E-state index contributed by atoms with van der Waals surface area (Å²) in [5.41, 5.74) is -0.718. The van der Waals surface area contributed by atoms with Crippen molar-refractivity contribution >= 4 is 17.6 Å². The first-order valence-electron chi connectivity index (χ1n) is 10.6. The Balaban J connectivity index is 1.48. The Bertz CT molecular complexity index is 791. The van der Waals surface area contributed by atoms with Crippen LogP contribution in [0.15, 0.2) is 24.3 Å². The van der Waals surface area contributed by atoms with E-state index in [-0.39, 0.29) is 17.8 Å². The van der Waals surface area contributed by atoms with Crippen LogP contribution >= 0.6 is 0 Å². The SMILES string of the molecule is CC(C)(C)C(=O)ON1CCC(C(=O)N2CCN(c3cccc(C(F)(F)F)c3)CC2)CC1. The molecule has 2 aliphatic heterocycles. The van der Waals surface area contributed by atoms with Crippen LogP contribution in [0.4, 0.5) is 18.9 Å². The molecule has 0 radical (unpaired) electrons. The molecule has 0 atom stereocenters. The number of hydrogen-bond donors (Lipinski definition) is 0. The predicted octanol–water partition coefficient (Wildman–Crippen LogP) is 3.57. The quantitative estimate of drug-likeness (QED) is 0.718. The molecule has 9 heteroatoms. The second-order valence-corrected chi connectivity index (χ2v) is 9.19. The van der Waals surface area contributed by atoms with E-state index in [1.807, 2.05) is 4.90 Å². The van der Waals surface area contributed by atoms with Crippen LogP contribution in [0.3, 0.4) is 0 Å². The molecule has 0 aliphatic carbocycles. The molecule has 2 aliphatic rings. The number of piperidine rings is 1. The van der Waals surface area contributed by atoms with Gasteiger partial charge in [-0.3, -0.25) is 4.79 Å². The summed E-state index contributed by atoms with van der Waals surface area (Å²) >= 11 is 0. The minimum atomic E-state index is -4.37. The average molecular weight is 441 g/mol. The topological polar surface area (TPSA) is 53.1 Å². The maximum Gasteiger partial charge on any atom is 0.416 e. The normalized spacial score (nSPS) is 19.4. The highest BCUT2D eigenvalue weighted by atomic mass is 19.4. The fraction of sp³-hybridized carbons (Fsp3) is 0.636. The Kier molecular flexibility index (Phi) is 6.83. The third-order valence-electron chi connectivity index (χ3n) is 5.76. The fourth-order valence-corrected chi connectivity index (χ4v) is 3.77. The molecule has 0 unspecified atom stereocenters. The molecule has 1 aromatic carbocycles. The number of hydroxylamine groups is 2. The van der Waals surface area contributed by atoms with Crippen LogP contribution in [0.25, 0.3) is 0 Å². The van der Waals surface area contributed by atoms with E-state index in [0.29, 0.717) is 57.8 Å². The zero-order valence-corrected chi connectivity index (χ0v) is 18.2. The molecule has 3 rings (SSSR count). The molecule has 2 saturated heterocycles. The lowest BCUT2D eigenvalue weighted by molar-refractivity contribution is -0.206. The molecule has 2 heterocycles. The Hall–Kier alpha value is -2.29. The highest BCUT2D eigenvalue weighted by molar-refractivity contribution is 5.79. The number of hydrogen-bond acceptors (Lipinski definition) is 5. The van der Waals surface area contributed by atoms with Crippen molar-refractivity contribution in [2.24, 2.45) is 11.3 Å². The van der Waals surface area contributed by atoms with Crippen LogP contribution in [-0.2, 0) is 20.6 Å². The number of amides is 1. The first-order valence-corrected chi connectivity index (χ1v) is 10.6. The van der Waals surface area contributed by atoms with E-state index in [1.54, 1.807) is 36.8 Å². The summed E-state index contributed by atoms with van der Waals surface area (Å²) in [5.74, 6) is -0.335. The summed E-state index contributed by atoms with van der Waals surface area (Å²) in [6, 6.07) is 5.30. The Labute approximate surface area is 180 Å². The maximum atomic E-state index is 13.0. The zero-order valence-electron chi connectivity index (χ0n) is 18.2. The number of nitrogens with zero attached hydrogens (tertiary/aromatic N) is 3. The van der Waals surface area contributed by atoms with Gasteiger partial charge in [-0.1, -0.05) is 6.07 Å². The molecular weight excluding hydrogens is 411 g/mol. The van der Waals surface area contributed by atoms with E-state index < -0.39 is 17.2 Å². The Morgan fingerprint density at radius 3 is 2.13 bits per heavy atom. The summed E-state index contributed by atoms with van der Waals surface area (Å²) < 4.78 is 38.9. The van der Waals surface area contributed by atoms with Gasteiger partial charge in [0, 0.05) is 50.9 Å². The standard InChI is InChI=1S/C22H30F3N3O3/c1-21(2,3)20(30)31-28-9-7-16(8-10-28)19(29)27-13-11-26(12-14-27)18-6-4-5-17(15-18)22(23,24)25/h4-6,15-16H,7-14H2,1-3H3. The number of piperazine rings is 1. The molecule has 0 bridgehead atoms. The van der Waals surface area contributed by atoms with Gasteiger partial charge in [0.05, 0.1) is 11.0 Å². The van der Waals surface area contributed by atoms with E-state index in [4.69, 9.17) is 4.84 Å². The van der Waals surface area contributed by atoms with Gasteiger partial charge in [0.25, 0.3) is 0 Å². The molecule has 1 aromatic rings. The third-order valence-corrected chi connectivity index (χ3v) is 5.76. The number of alkyl halides is 3. The minimum Gasteiger partial charge on any atom is -0.368 e. The second-order valence-electron chi connectivity index (χ2n) is 9.19. The summed E-state index contributed by atoms with van der Waals surface area (Å²) in [7, 11) is 0. The van der Waals surface area contributed by atoms with Gasteiger partial charge in [-0.2, -0.15) is 13.2 Å². The summed E-state index contributed by atoms with van der Waals surface area (Å²) in [4.78, 5) is 34.0. The highest BCUT2D eigenvalue weighted by Crippen LogP contribution is 2.32. The van der Waals surface area contributed by atoms with E-state index >= 15 is 0 Å². The number of rotatable bonds is 3. The van der Waals surface area contributed by atoms with Gasteiger partial charge >= 0.3 is 12.1 Å². The first kappa shape index (κ1) is 23.4. The largest absolute Gasteiger partial charge is 0.416 e. The third kappa shape index (κ3) is 5.90. The van der Waals surface area contributed by atoms with Crippen molar-refractivity contribution in [3.05, 3.63) is 29.8 Å². The highest BCUT2D eigenvalue weighted by Gasteiger charge is 2.34. The smallest absolute Gasteiger partial charge is 0.368 e. The predicted molar refractivity (Wildman–Crippen MR) is 110 cm³/mol. The van der Waals surface area contributed by atoms with Gasteiger partial charge in [0.1, 0.15) is 0 Å². The molecule has 6 nitrogen and oxygen atoms in total. The van der Waals surface area contributed by atoms with Crippen molar-refractivity contribution in [3.63, 3.8) is 0 Å². The molecule has 1 amide bonds. The number of carbonyl (C=O) groups is 2. The lowest BCUT2D eigenvalue weighted by Crippen LogP contribution is -2.52. The molecular formula is C22H30F3N3O3. The number of benzene rings is 1. The summed E-state index contributed by atoms with van der Waals surface area (Å²) in [6.45, 7) is 8.37. The van der Waals surface area contributed by atoms with Gasteiger partial charge in [-0.25, -0.2) is 4.79 Å². The van der Waals surface area contributed by atoms with Crippen molar-refractivity contribution in [1.29, 1.82) is 0 Å². The van der Waals surface area contributed by atoms with Gasteiger partial charge in [0.2, 0.25) is 5.91 Å². The minimum absolute atomic E-state index is 0.0745. The van der Waals surface area contributed by atoms with Crippen LogP contribution in [0.2, 0.25) is 0 Å². The van der Waals surface area contributed by atoms with Crippen molar-refractivity contribution in [3.8, 4) is 0 Å². The average Bonchev–Trinajstić information content (AvgIpc) is 2.73. The van der Waals surface area contributed by atoms with Crippen LogP contribution in [0, 0.1) is 11.3 Å².